The highest BCUT2D eigenvalue weighted by Crippen LogP contribution is 2.25. The van der Waals surface area contributed by atoms with E-state index in [9.17, 15) is 4.79 Å². The Hall–Kier alpha value is -2.35. The van der Waals surface area contributed by atoms with Crippen LogP contribution in [0.25, 0.3) is 0 Å². The fourth-order valence-corrected chi connectivity index (χ4v) is 4.15. The lowest BCUT2D eigenvalue weighted by Crippen LogP contribution is -2.42. The molecule has 1 fully saturated rings. The summed E-state index contributed by atoms with van der Waals surface area (Å²) in [6, 6.07) is 7.98. The first-order valence-electron chi connectivity index (χ1n) is 10.4. The first kappa shape index (κ1) is 21.4. The summed E-state index contributed by atoms with van der Waals surface area (Å²) in [6.07, 6.45) is 4.93. The van der Waals surface area contributed by atoms with Crippen molar-refractivity contribution in [3.63, 3.8) is 0 Å². The van der Waals surface area contributed by atoms with Crippen LogP contribution in [-0.2, 0) is 6.42 Å². The molecule has 158 valence electrons. The second-order valence-corrected chi connectivity index (χ2v) is 8.17. The second-order valence-electron chi connectivity index (χ2n) is 7.44. The number of hydrogen-bond acceptors (Lipinski definition) is 6. The number of carbonyl (C=O) groups is 1. The van der Waals surface area contributed by atoms with Crippen molar-refractivity contribution in [2.75, 3.05) is 38.2 Å². The molecule has 2 aromatic rings. The fraction of sp³-hybridized carbons (Fsp3) is 0.571. The number of ether oxygens (including phenoxy) is 1. The van der Waals surface area contributed by atoms with Gasteiger partial charge in [-0.25, -0.2) is 9.78 Å². The molecular weight excluding hydrogens is 386 g/mol. The number of carbonyl (C=O) groups excluding carboxylic acids is 1. The number of hydrogen-bond donors (Lipinski definition) is 2. The van der Waals surface area contributed by atoms with Crippen molar-refractivity contribution < 1.29 is 9.53 Å². The van der Waals surface area contributed by atoms with Gasteiger partial charge in [-0.2, -0.15) is 4.37 Å². The predicted octanol–water partition coefficient (Wildman–Crippen LogP) is 3.45. The maximum Gasteiger partial charge on any atom is 0.314 e. The monoisotopic (exact) mass is 417 g/mol. The Morgan fingerprint density at radius 3 is 2.90 bits per heavy atom. The van der Waals surface area contributed by atoms with E-state index in [0.717, 1.165) is 74.1 Å². The van der Waals surface area contributed by atoms with Gasteiger partial charge in [-0.05, 0) is 42.9 Å². The van der Waals surface area contributed by atoms with Gasteiger partial charge in [0.25, 0.3) is 0 Å². The molecule has 0 atom stereocenters. The molecule has 0 unspecified atom stereocenters. The summed E-state index contributed by atoms with van der Waals surface area (Å²) in [6.45, 7) is 5.52. The summed E-state index contributed by atoms with van der Waals surface area (Å²) in [4.78, 5) is 18.8. The molecule has 2 N–H and O–H groups in total. The number of rotatable bonds is 9. The number of benzene rings is 1. The Kier molecular flexibility index (Phi) is 8.10. The van der Waals surface area contributed by atoms with Gasteiger partial charge in [0, 0.05) is 44.1 Å². The first-order valence-corrected chi connectivity index (χ1v) is 11.2. The molecule has 29 heavy (non-hydrogen) atoms. The lowest BCUT2D eigenvalue weighted by atomic mass is 9.97. The van der Waals surface area contributed by atoms with Crippen LogP contribution in [0.4, 0.5) is 9.93 Å². The number of piperidine rings is 1. The van der Waals surface area contributed by atoms with E-state index < -0.39 is 0 Å². The number of nitrogens with zero attached hydrogens (tertiary/aromatic N) is 3. The minimum absolute atomic E-state index is 0.0489. The van der Waals surface area contributed by atoms with Crippen molar-refractivity contribution >= 4 is 22.7 Å². The van der Waals surface area contributed by atoms with Gasteiger partial charge in [-0.1, -0.05) is 25.5 Å². The second kappa shape index (κ2) is 11.0. The van der Waals surface area contributed by atoms with Gasteiger partial charge >= 0.3 is 6.03 Å². The quantitative estimate of drug-likeness (QED) is 0.611. The van der Waals surface area contributed by atoms with Crippen LogP contribution in [0.5, 0.6) is 5.75 Å². The third kappa shape index (κ3) is 6.59. The van der Waals surface area contributed by atoms with Gasteiger partial charge in [0.05, 0.1) is 7.11 Å². The number of unbranched alkanes of at least 4 members (excludes halogenated alkanes) is 1. The smallest absolute Gasteiger partial charge is 0.314 e. The van der Waals surface area contributed by atoms with Gasteiger partial charge in [0.1, 0.15) is 11.6 Å². The van der Waals surface area contributed by atoms with E-state index in [0.29, 0.717) is 12.3 Å². The molecule has 0 aliphatic carbocycles. The van der Waals surface area contributed by atoms with E-state index in [1.54, 1.807) is 7.11 Å². The maximum absolute atomic E-state index is 11.8. The SMILES string of the molecule is CCCCNC(=O)NCC1CCN(c2nc(Cc3cccc(OC)c3)ns2)CC1. The van der Waals surface area contributed by atoms with Crippen molar-refractivity contribution in [2.45, 2.75) is 39.0 Å². The van der Waals surface area contributed by atoms with Gasteiger partial charge < -0.3 is 20.3 Å². The molecule has 0 radical (unpaired) electrons. The van der Waals surface area contributed by atoms with Crippen LogP contribution in [-0.4, -0.2) is 48.7 Å². The van der Waals surface area contributed by atoms with Gasteiger partial charge in [0.15, 0.2) is 0 Å². The summed E-state index contributed by atoms with van der Waals surface area (Å²) < 4.78 is 9.82. The van der Waals surface area contributed by atoms with Gasteiger partial charge in [-0.15, -0.1) is 0 Å². The molecule has 1 aliphatic rings. The molecule has 2 heterocycles. The van der Waals surface area contributed by atoms with Crippen molar-refractivity contribution in [3.05, 3.63) is 35.7 Å². The molecule has 1 aromatic heterocycles. The Balaban J connectivity index is 1.42. The predicted molar refractivity (Wildman–Crippen MR) is 117 cm³/mol. The Bertz CT molecular complexity index is 774. The van der Waals surface area contributed by atoms with E-state index >= 15 is 0 Å². The highest BCUT2D eigenvalue weighted by atomic mass is 32.1. The van der Waals surface area contributed by atoms with Crippen LogP contribution in [0.15, 0.2) is 24.3 Å². The molecule has 3 rings (SSSR count). The molecule has 7 nitrogen and oxygen atoms in total. The van der Waals surface area contributed by atoms with E-state index in [1.165, 1.54) is 11.5 Å². The number of nitrogens with one attached hydrogen (secondary N) is 2. The van der Waals surface area contributed by atoms with Crippen LogP contribution in [0.2, 0.25) is 0 Å². The summed E-state index contributed by atoms with van der Waals surface area (Å²) in [5, 5.41) is 6.90. The minimum atomic E-state index is -0.0489. The lowest BCUT2D eigenvalue weighted by Gasteiger charge is -2.31. The van der Waals surface area contributed by atoms with Crippen molar-refractivity contribution in [3.8, 4) is 5.75 Å². The van der Waals surface area contributed by atoms with E-state index in [-0.39, 0.29) is 6.03 Å². The highest BCUT2D eigenvalue weighted by Gasteiger charge is 2.22. The minimum Gasteiger partial charge on any atom is -0.497 e. The summed E-state index contributed by atoms with van der Waals surface area (Å²) in [5.41, 5.74) is 1.15. The van der Waals surface area contributed by atoms with Crippen molar-refractivity contribution in [1.29, 1.82) is 0 Å². The van der Waals surface area contributed by atoms with Crippen LogP contribution < -0.4 is 20.3 Å². The Morgan fingerprint density at radius 1 is 1.31 bits per heavy atom. The standard InChI is InChI=1S/C21H31N5O2S/c1-3-4-10-22-20(27)23-15-16-8-11-26(12-9-16)21-24-19(25-29-21)14-17-6-5-7-18(13-17)28-2/h5-7,13,16H,3-4,8-12,14-15H2,1-2H3,(H2,22,23,27). The highest BCUT2D eigenvalue weighted by molar-refractivity contribution is 7.09. The average molecular weight is 418 g/mol. The molecule has 1 saturated heterocycles. The van der Waals surface area contributed by atoms with Crippen LogP contribution in [0, 0.1) is 5.92 Å². The number of amides is 2. The third-order valence-corrected chi connectivity index (χ3v) is 6.02. The molecule has 0 bridgehead atoms. The van der Waals surface area contributed by atoms with Crippen LogP contribution in [0.3, 0.4) is 0 Å². The fourth-order valence-electron chi connectivity index (χ4n) is 3.42. The lowest BCUT2D eigenvalue weighted by molar-refractivity contribution is 0.237. The summed E-state index contributed by atoms with van der Waals surface area (Å²) >= 11 is 1.47. The van der Waals surface area contributed by atoms with Crippen molar-refractivity contribution in [1.82, 2.24) is 20.0 Å². The van der Waals surface area contributed by atoms with E-state index in [4.69, 9.17) is 9.72 Å². The molecule has 1 aromatic carbocycles. The number of aromatic nitrogens is 2. The summed E-state index contributed by atoms with van der Waals surface area (Å²) in [5.74, 6) is 2.23. The number of anilines is 1. The topological polar surface area (TPSA) is 79.4 Å². The van der Waals surface area contributed by atoms with E-state index in [2.05, 4.69) is 32.9 Å². The molecule has 0 spiro atoms. The zero-order chi connectivity index (χ0) is 20.5. The van der Waals surface area contributed by atoms with Crippen LogP contribution >= 0.6 is 11.5 Å². The van der Waals surface area contributed by atoms with Crippen LogP contribution in [0.1, 0.15) is 44.0 Å². The van der Waals surface area contributed by atoms with E-state index in [1.807, 2.05) is 18.2 Å². The normalized spacial score (nSPS) is 14.6. The average Bonchev–Trinajstić information content (AvgIpc) is 3.21. The van der Waals surface area contributed by atoms with Gasteiger partial charge in [0.2, 0.25) is 5.13 Å². The Morgan fingerprint density at radius 2 is 2.14 bits per heavy atom. The first-order chi connectivity index (χ1) is 14.2. The number of urea groups is 1. The van der Waals surface area contributed by atoms with Gasteiger partial charge in [-0.3, -0.25) is 0 Å². The largest absolute Gasteiger partial charge is 0.497 e. The summed E-state index contributed by atoms with van der Waals surface area (Å²) in [7, 11) is 1.68. The van der Waals surface area contributed by atoms with Crippen molar-refractivity contribution in [2.24, 2.45) is 5.92 Å². The zero-order valence-corrected chi connectivity index (χ0v) is 18.1. The third-order valence-electron chi connectivity index (χ3n) is 5.21. The molecule has 1 aliphatic heterocycles. The number of methoxy groups -OCH3 is 1. The molecule has 2 amide bonds. The molecular formula is C21H31N5O2S. The Labute approximate surface area is 177 Å². The molecule has 8 heteroatoms. The molecule has 0 saturated carbocycles. The maximum atomic E-state index is 11.8. The zero-order valence-electron chi connectivity index (χ0n) is 17.3.